The van der Waals surface area contributed by atoms with Gasteiger partial charge in [0.05, 0.1) is 6.10 Å². The van der Waals surface area contributed by atoms with E-state index in [0.717, 1.165) is 12.8 Å². The van der Waals surface area contributed by atoms with E-state index in [1.807, 2.05) is 0 Å². The Balaban J connectivity index is 1.85. The van der Waals surface area contributed by atoms with E-state index in [-0.39, 0.29) is 19.0 Å². The number of nitrogens with one attached hydrogen (secondary N) is 1. The molecule has 1 unspecified atom stereocenters. The topological polar surface area (TPSA) is 89.9 Å². The zero-order chi connectivity index (χ0) is 13.1. The van der Waals surface area contributed by atoms with Gasteiger partial charge in [0, 0.05) is 19.5 Å². The lowest BCUT2D eigenvalue weighted by atomic mass is 10.1. The second-order valence-electron chi connectivity index (χ2n) is 5.23. The van der Waals surface area contributed by atoms with Gasteiger partial charge in [-0.05, 0) is 18.8 Å². The summed E-state index contributed by atoms with van der Waals surface area (Å²) < 4.78 is 0. The molecule has 6 nitrogen and oxygen atoms in total. The monoisotopic (exact) mass is 256 g/mol. The van der Waals surface area contributed by atoms with Crippen LogP contribution in [0.2, 0.25) is 0 Å². The zero-order valence-corrected chi connectivity index (χ0v) is 10.3. The fourth-order valence-electron chi connectivity index (χ4n) is 2.82. The van der Waals surface area contributed by atoms with E-state index in [2.05, 4.69) is 5.32 Å². The Hall–Kier alpha value is -1.30. The summed E-state index contributed by atoms with van der Waals surface area (Å²) in [5, 5.41) is 21.2. The van der Waals surface area contributed by atoms with Crippen LogP contribution in [0.5, 0.6) is 0 Å². The highest BCUT2D eigenvalue weighted by atomic mass is 16.4. The molecule has 0 aromatic carbocycles. The van der Waals surface area contributed by atoms with Gasteiger partial charge in [-0.2, -0.15) is 0 Å². The quantitative estimate of drug-likeness (QED) is 0.682. The SMILES string of the molecule is O=C(O)[C@@H]1CC(O)CN1C(=O)NCC1CCCC1. The largest absolute Gasteiger partial charge is 0.480 e. The maximum absolute atomic E-state index is 11.9. The summed E-state index contributed by atoms with van der Waals surface area (Å²) in [6.45, 7) is 0.714. The molecule has 0 aromatic heterocycles. The number of hydrogen-bond donors (Lipinski definition) is 3. The standard InChI is InChI=1S/C12H20N2O4/c15-9-5-10(11(16)17)14(7-9)12(18)13-6-8-3-1-2-4-8/h8-10,15H,1-7H2,(H,13,18)(H,16,17)/t9?,10-/m0/s1. The molecule has 2 atom stereocenters. The Morgan fingerprint density at radius 2 is 1.94 bits per heavy atom. The predicted molar refractivity (Wildman–Crippen MR) is 64.1 cm³/mol. The second kappa shape index (κ2) is 5.56. The van der Waals surface area contributed by atoms with Gasteiger partial charge in [-0.1, -0.05) is 12.8 Å². The molecule has 3 N–H and O–H groups in total. The molecule has 6 heteroatoms. The number of aliphatic hydroxyl groups excluding tert-OH is 1. The molecule has 1 saturated heterocycles. The van der Waals surface area contributed by atoms with Gasteiger partial charge in [-0.15, -0.1) is 0 Å². The van der Waals surface area contributed by atoms with Crippen LogP contribution in [0.4, 0.5) is 4.79 Å². The van der Waals surface area contributed by atoms with Crippen LogP contribution in [0.25, 0.3) is 0 Å². The summed E-state index contributed by atoms with van der Waals surface area (Å²) in [6, 6.07) is -1.27. The highest BCUT2D eigenvalue weighted by Crippen LogP contribution is 2.24. The number of amides is 2. The molecule has 1 aliphatic carbocycles. The summed E-state index contributed by atoms with van der Waals surface area (Å²) in [5.41, 5.74) is 0. The van der Waals surface area contributed by atoms with Crippen molar-refractivity contribution in [3.8, 4) is 0 Å². The normalized spacial score (nSPS) is 28.6. The Morgan fingerprint density at radius 1 is 1.28 bits per heavy atom. The second-order valence-corrected chi connectivity index (χ2v) is 5.23. The van der Waals surface area contributed by atoms with Gasteiger partial charge in [0.1, 0.15) is 6.04 Å². The number of carboxylic acids is 1. The molecular formula is C12H20N2O4. The van der Waals surface area contributed by atoms with Gasteiger partial charge >= 0.3 is 12.0 Å². The van der Waals surface area contributed by atoms with Gasteiger partial charge in [0.2, 0.25) is 0 Å². The Labute approximate surface area is 106 Å². The molecule has 18 heavy (non-hydrogen) atoms. The van der Waals surface area contributed by atoms with Crippen molar-refractivity contribution in [1.29, 1.82) is 0 Å². The molecule has 0 aromatic rings. The minimum absolute atomic E-state index is 0.105. The van der Waals surface area contributed by atoms with Crippen LogP contribution in [0.3, 0.4) is 0 Å². The number of aliphatic carboxylic acids is 1. The lowest BCUT2D eigenvalue weighted by Crippen LogP contribution is -2.47. The number of hydrogen-bond acceptors (Lipinski definition) is 3. The van der Waals surface area contributed by atoms with Crippen LogP contribution in [0.15, 0.2) is 0 Å². The molecule has 2 amide bonds. The van der Waals surface area contributed by atoms with Gasteiger partial charge < -0.3 is 20.4 Å². The molecular weight excluding hydrogens is 236 g/mol. The fourth-order valence-corrected chi connectivity index (χ4v) is 2.82. The lowest BCUT2D eigenvalue weighted by Gasteiger charge is -2.22. The van der Waals surface area contributed by atoms with Gasteiger partial charge in [-0.3, -0.25) is 0 Å². The van der Waals surface area contributed by atoms with Crippen LogP contribution in [-0.4, -0.2) is 52.3 Å². The number of β-amino-alcohol motifs (C(OH)–C–C–N with tert-alkyl or cyclic N) is 1. The summed E-state index contributed by atoms with van der Waals surface area (Å²) in [5.74, 6) is -0.535. The molecule has 1 saturated carbocycles. The van der Waals surface area contributed by atoms with E-state index in [9.17, 15) is 14.7 Å². The van der Waals surface area contributed by atoms with Crippen LogP contribution in [0.1, 0.15) is 32.1 Å². The average Bonchev–Trinajstić information content (AvgIpc) is 2.94. The van der Waals surface area contributed by atoms with Crippen molar-refractivity contribution < 1.29 is 19.8 Å². The molecule has 2 aliphatic rings. The maximum Gasteiger partial charge on any atom is 0.326 e. The van der Waals surface area contributed by atoms with E-state index < -0.39 is 18.1 Å². The molecule has 0 radical (unpaired) electrons. The van der Waals surface area contributed by atoms with Crippen LogP contribution < -0.4 is 5.32 Å². The molecule has 0 bridgehead atoms. The minimum atomic E-state index is -1.05. The van der Waals surface area contributed by atoms with Crippen molar-refractivity contribution in [3.05, 3.63) is 0 Å². The highest BCUT2D eigenvalue weighted by molar-refractivity contribution is 5.83. The van der Waals surface area contributed by atoms with E-state index in [0.29, 0.717) is 12.5 Å². The summed E-state index contributed by atoms with van der Waals surface area (Å²) in [4.78, 5) is 24.1. The van der Waals surface area contributed by atoms with E-state index in [4.69, 9.17) is 5.11 Å². The number of urea groups is 1. The van der Waals surface area contributed by atoms with Gasteiger partial charge in [-0.25, -0.2) is 9.59 Å². The number of nitrogens with zero attached hydrogens (tertiary/aromatic N) is 1. The number of rotatable bonds is 3. The average molecular weight is 256 g/mol. The number of carboxylic acid groups (broad SMARTS) is 1. The van der Waals surface area contributed by atoms with Crippen molar-refractivity contribution in [3.63, 3.8) is 0 Å². The molecule has 2 fully saturated rings. The fraction of sp³-hybridized carbons (Fsp3) is 0.833. The van der Waals surface area contributed by atoms with Gasteiger partial charge in [0.25, 0.3) is 0 Å². The van der Waals surface area contributed by atoms with Crippen molar-refractivity contribution in [2.75, 3.05) is 13.1 Å². The predicted octanol–water partition coefficient (Wildman–Crippen LogP) is 0.406. The van der Waals surface area contributed by atoms with Crippen LogP contribution in [0, 0.1) is 5.92 Å². The molecule has 0 spiro atoms. The first-order valence-electron chi connectivity index (χ1n) is 6.53. The first-order chi connectivity index (χ1) is 8.58. The number of likely N-dealkylation sites (tertiary alicyclic amines) is 1. The third kappa shape index (κ3) is 2.93. The lowest BCUT2D eigenvalue weighted by molar-refractivity contribution is -0.141. The zero-order valence-electron chi connectivity index (χ0n) is 10.3. The van der Waals surface area contributed by atoms with E-state index >= 15 is 0 Å². The number of carbonyl (C=O) groups is 2. The Bertz CT molecular complexity index is 328. The van der Waals surface area contributed by atoms with E-state index in [1.54, 1.807) is 0 Å². The highest BCUT2D eigenvalue weighted by Gasteiger charge is 2.39. The Morgan fingerprint density at radius 3 is 2.56 bits per heavy atom. The first-order valence-corrected chi connectivity index (χ1v) is 6.53. The van der Waals surface area contributed by atoms with Crippen molar-refractivity contribution in [2.45, 2.75) is 44.2 Å². The van der Waals surface area contributed by atoms with Crippen molar-refractivity contribution >= 4 is 12.0 Å². The molecule has 102 valence electrons. The first kappa shape index (κ1) is 13.1. The van der Waals surface area contributed by atoms with Crippen molar-refractivity contribution in [2.24, 2.45) is 5.92 Å². The third-order valence-electron chi connectivity index (χ3n) is 3.84. The van der Waals surface area contributed by atoms with Crippen LogP contribution in [-0.2, 0) is 4.79 Å². The molecule has 2 rings (SSSR count). The van der Waals surface area contributed by atoms with Crippen molar-refractivity contribution in [1.82, 2.24) is 10.2 Å². The maximum atomic E-state index is 11.9. The van der Waals surface area contributed by atoms with Gasteiger partial charge in [0.15, 0.2) is 0 Å². The number of aliphatic hydroxyl groups is 1. The smallest absolute Gasteiger partial charge is 0.326 e. The van der Waals surface area contributed by atoms with Crippen LogP contribution >= 0.6 is 0 Å². The van der Waals surface area contributed by atoms with E-state index in [1.165, 1.54) is 17.7 Å². The summed E-state index contributed by atoms with van der Waals surface area (Å²) in [6.07, 6.45) is 4.06. The minimum Gasteiger partial charge on any atom is -0.480 e. The summed E-state index contributed by atoms with van der Waals surface area (Å²) in [7, 11) is 0. The third-order valence-corrected chi connectivity index (χ3v) is 3.84. The molecule has 1 aliphatic heterocycles. The Kier molecular flexibility index (Phi) is 4.06. The molecule has 1 heterocycles. The number of carbonyl (C=O) groups excluding carboxylic acids is 1. The summed E-state index contributed by atoms with van der Waals surface area (Å²) >= 11 is 0.